The summed E-state index contributed by atoms with van der Waals surface area (Å²) in [6, 6.07) is 3.96. The van der Waals surface area contributed by atoms with E-state index < -0.39 is 0 Å². The summed E-state index contributed by atoms with van der Waals surface area (Å²) in [7, 11) is 0. The van der Waals surface area contributed by atoms with Crippen LogP contribution in [0.5, 0.6) is 0 Å². The topological polar surface area (TPSA) is 29.1 Å². The van der Waals surface area contributed by atoms with E-state index in [0.717, 1.165) is 17.8 Å². The summed E-state index contributed by atoms with van der Waals surface area (Å²) in [5, 5.41) is 2.88. The van der Waals surface area contributed by atoms with Gasteiger partial charge in [-0.3, -0.25) is 4.79 Å². The zero-order valence-electron chi connectivity index (χ0n) is 9.89. The Bertz CT molecular complexity index is 336. The van der Waals surface area contributed by atoms with Crippen LogP contribution < -0.4 is 5.32 Å². The predicted molar refractivity (Wildman–Crippen MR) is 65.6 cm³/mol. The van der Waals surface area contributed by atoms with Crippen LogP contribution >= 0.6 is 11.3 Å². The second kappa shape index (κ2) is 4.79. The van der Waals surface area contributed by atoms with E-state index in [1.54, 1.807) is 11.3 Å². The van der Waals surface area contributed by atoms with Crippen molar-refractivity contribution in [2.45, 2.75) is 39.5 Å². The van der Waals surface area contributed by atoms with E-state index in [9.17, 15) is 4.79 Å². The van der Waals surface area contributed by atoms with Gasteiger partial charge >= 0.3 is 0 Å². The maximum absolute atomic E-state index is 11.6. The minimum Gasteiger partial charge on any atom is -0.351 e. The van der Waals surface area contributed by atoms with Gasteiger partial charge in [-0.2, -0.15) is 0 Å². The molecule has 1 aromatic rings. The third-order valence-electron chi connectivity index (χ3n) is 2.10. The fourth-order valence-corrected chi connectivity index (χ4v) is 2.17. The third-order valence-corrected chi connectivity index (χ3v) is 3.61. The third kappa shape index (κ3) is 3.34. The normalized spacial score (nSPS) is 11.5. The van der Waals surface area contributed by atoms with Crippen LogP contribution in [0.25, 0.3) is 0 Å². The van der Waals surface area contributed by atoms with Crippen LogP contribution in [0.1, 0.15) is 48.7 Å². The highest BCUT2D eigenvalue weighted by Gasteiger charge is 2.18. The van der Waals surface area contributed by atoms with Crippen LogP contribution in [0.4, 0.5) is 0 Å². The molecule has 0 radical (unpaired) electrons. The Morgan fingerprint density at radius 2 is 2.07 bits per heavy atom. The lowest BCUT2D eigenvalue weighted by Crippen LogP contribution is -2.22. The molecular weight excluding hydrogens is 206 g/mol. The first-order valence-corrected chi connectivity index (χ1v) is 6.15. The standard InChI is InChI=1S/C12H19NOS/c1-5-8-13-11(14)9-6-7-10(15-9)12(2,3)4/h6-7H,5,8H2,1-4H3,(H,13,14). The van der Waals surface area contributed by atoms with Gasteiger partial charge in [0.2, 0.25) is 0 Å². The Kier molecular flexibility index (Phi) is 3.91. The van der Waals surface area contributed by atoms with Gasteiger partial charge < -0.3 is 5.32 Å². The van der Waals surface area contributed by atoms with Gasteiger partial charge in [-0.15, -0.1) is 11.3 Å². The molecule has 0 fully saturated rings. The van der Waals surface area contributed by atoms with E-state index in [0.29, 0.717) is 0 Å². The summed E-state index contributed by atoms with van der Waals surface area (Å²) in [5.41, 5.74) is 0.133. The van der Waals surface area contributed by atoms with Crippen LogP contribution in [0.15, 0.2) is 12.1 Å². The van der Waals surface area contributed by atoms with Gasteiger partial charge in [0.15, 0.2) is 0 Å². The van der Waals surface area contributed by atoms with Crippen LogP contribution in [0, 0.1) is 0 Å². The summed E-state index contributed by atoms with van der Waals surface area (Å²) in [6.07, 6.45) is 0.975. The minimum atomic E-state index is 0.0531. The smallest absolute Gasteiger partial charge is 0.261 e. The molecule has 0 bridgehead atoms. The number of carbonyl (C=O) groups is 1. The average Bonchev–Trinajstić information content (AvgIpc) is 2.62. The number of rotatable bonds is 3. The highest BCUT2D eigenvalue weighted by atomic mass is 32.1. The van der Waals surface area contributed by atoms with Gasteiger partial charge in [0, 0.05) is 11.4 Å². The van der Waals surface area contributed by atoms with Crippen molar-refractivity contribution in [2.75, 3.05) is 6.54 Å². The largest absolute Gasteiger partial charge is 0.351 e. The lowest BCUT2D eigenvalue weighted by Gasteiger charge is -2.15. The highest BCUT2D eigenvalue weighted by Crippen LogP contribution is 2.29. The second-order valence-corrected chi connectivity index (χ2v) is 5.75. The fraction of sp³-hybridized carbons (Fsp3) is 0.583. The van der Waals surface area contributed by atoms with Crippen LogP contribution in [0.2, 0.25) is 0 Å². The zero-order valence-corrected chi connectivity index (χ0v) is 10.7. The fourth-order valence-electron chi connectivity index (χ4n) is 1.19. The predicted octanol–water partition coefficient (Wildman–Crippen LogP) is 3.19. The molecule has 0 aromatic carbocycles. The molecule has 0 aliphatic rings. The Morgan fingerprint density at radius 3 is 2.53 bits per heavy atom. The van der Waals surface area contributed by atoms with Gasteiger partial charge in [-0.05, 0) is 24.0 Å². The number of hydrogen-bond acceptors (Lipinski definition) is 2. The Hall–Kier alpha value is -0.830. The first-order chi connectivity index (χ1) is 6.95. The highest BCUT2D eigenvalue weighted by molar-refractivity contribution is 7.14. The Labute approximate surface area is 95.7 Å². The van der Waals surface area contributed by atoms with Gasteiger partial charge in [0.05, 0.1) is 4.88 Å². The number of carbonyl (C=O) groups excluding carboxylic acids is 1. The maximum atomic E-state index is 11.6. The van der Waals surface area contributed by atoms with Crippen molar-refractivity contribution >= 4 is 17.2 Å². The molecular formula is C12H19NOS. The molecule has 84 valence electrons. The van der Waals surface area contributed by atoms with Crippen molar-refractivity contribution in [3.05, 3.63) is 21.9 Å². The first kappa shape index (κ1) is 12.2. The van der Waals surface area contributed by atoms with E-state index in [1.807, 2.05) is 12.1 Å². The van der Waals surface area contributed by atoms with Gasteiger partial charge in [0.25, 0.3) is 5.91 Å². The number of nitrogens with one attached hydrogen (secondary N) is 1. The van der Waals surface area contributed by atoms with Crippen LogP contribution in [-0.4, -0.2) is 12.5 Å². The lowest BCUT2D eigenvalue weighted by atomic mass is 9.95. The summed E-state index contributed by atoms with van der Waals surface area (Å²) < 4.78 is 0. The molecule has 15 heavy (non-hydrogen) atoms. The SMILES string of the molecule is CCCNC(=O)c1ccc(C(C)(C)C)s1. The van der Waals surface area contributed by atoms with Crippen molar-refractivity contribution in [1.29, 1.82) is 0 Å². The summed E-state index contributed by atoms with van der Waals surface area (Å²) >= 11 is 1.59. The summed E-state index contributed by atoms with van der Waals surface area (Å²) in [5.74, 6) is 0.0531. The maximum Gasteiger partial charge on any atom is 0.261 e. The van der Waals surface area contributed by atoms with Gasteiger partial charge in [0.1, 0.15) is 0 Å². The van der Waals surface area contributed by atoms with Crippen molar-refractivity contribution in [3.63, 3.8) is 0 Å². The zero-order chi connectivity index (χ0) is 11.5. The molecule has 0 atom stereocenters. The van der Waals surface area contributed by atoms with Gasteiger partial charge in [-0.25, -0.2) is 0 Å². The molecule has 1 rings (SSSR count). The summed E-state index contributed by atoms with van der Waals surface area (Å²) in [4.78, 5) is 13.7. The number of hydrogen-bond donors (Lipinski definition) is 1. The minimum absolute atomic E-state index is 0.0531. The second-order valence-electron chi connectivity index (χ2n) is 4.67. The molecule has 1 N–H and O–H groups in total. The van der Waals surface area contributed by atoms with Crippen LogP contribution in [-0.2, 0) is 5.41 Å². The average molecular weight is 225 g/mol. The molecule has 1 aromatic heterocycles. The molecule has 1 heterocycles. The first-order valence-electron chi connectivity index (χ1n) is 5.33. The van der Waals surface area contributed by atoms with Crippen molar-refractivity contribution in [2.24, 2.45) is 0 Å². The van der Waals surface area contributed by atoms with E-state index in [4.69, 9.17) is 0 Å². The molecule has 0 aliphatic heterocycles. The van der Waals surface area contributed by atoms with Gasteiger partial charge in [-0.1, -0.05) is 27.7 Å². The summed E-state index contributed by atoms with van der Waals surface area (Å²) in [6.45, 7) is 9.28. The quantitative estimate of drug-likeness (QED) is 0.841. The van der Waals surface area contributed by atoms with E-state index in [2.05, 4.69) is 33.0 Å². The van der Waals surface area contributed by atoms with E-state index in [-0.39, 0.29) is 11.3 Å². The number of amides is 1. The van der Waals surface area contributed by atoms with E-state index >= 15 is 0 Å². The van der Waals surface area contributed by atoms with Crippen molar-refractivity contribution in [3.8, 4) is 0 Å². The Morgan fingerprint density at radius 1 is 1.40 bits per heavy atom. The molecule has 3 heteroatoms. The molecule has 0 saturated carbocycles. The molecule has 0 unspecified atom stereocenters. The molecule has 0 saturated heterocycles. The Balaban J connectivity index is 2.72. The van der Waals surface area contributed by atoms with E-state index in [1.165, 1.54) is 4.88 Å². The molecule has 0 spiro atoms. The van der Waals surface area contributed by atoms with Crippen LogP contribution in [0.3, 0.4) is 0 Å². The molecule has 1 amide bonds. The monoisotopic (exact) mass is 225 g/mol. The molecule has 0 aliphatic carbocycles. The lowest BCUT2D eigenvalue weighted by molar-refractivity contribution is 0.0957. The number of thiophene rings is 1. The van der Waals surface area contributed by atoms with Crippen molar-refractivity contribution in [1.82, 2.24) is 5.32 Å². The molecule has 2 nitrogen and oxygen atoms in total. The van der Waals surface area contributed by atoms with Crippen molar-refractivity contribution < 1.29 is 4.79 Å².